The predicted molar refractivity (Wildman–Crippen MR) is 93.3 cm³/mol. The van der Waals surface area contributed by atoms with E-state index in [4.69, 9.17) is 4.74 Å². The summed E-state index contributed by atoms with van der Waals surface area (Å²) in [6, 6.07) is 11.5. The Balaban J connectivity index is 2.17. The number of carboxylic acid groups (broad SMARTS) is 1. The average molecular weight is 343 g/mol. The first kappa shape index (κ1) is 18.4. The molecule has 0 radical (unpaired) electrons. The molecule has 0 spiro atoms. The van der Waals surface area contributed by atoms with Crippen LogP contribution in [0.2, 0.25) is 0 Å². The minimum absolute atomic E-state index is 0.0370. The third-order valence-corrected chi connectivity index (χ3v) is 3.92. The van der Waals surface area contributed by atoms with Crippen LogP contribution in [0.15, 0.2) is 42.5 Å². The van der Waals surface area contributed by atoms with Gasteiger partial charge in [0.1, 0.15) is 6.04 Å². The number of rotatable bonds is 7. The summed E-state index contributed by atoms with van der Waals surface area (Å²) in [5, 5.41) is 13.5. The maximum atomic E-state index is 12.6. The Kier molecular flexibility index (Phi) is 6.11. The van der Waals surface area contributed by atoms with Crippen LogP contribution in [0.25, 0.3) is 10.8 Å². The number of fused-ring (bicyclic) bond motifs is 1. The van der Waals surface area contributed by atoms with Crippen LogP contribution in [-0.2, 0) is 14.3 Å². The first-order valence-electron chi connectivity index (χ1n) is 8.12. The lowest BCUT2D eigenvalue weighted by Crippen LogP contribution is -2.42. The lowest BCUT2D eigenvalue weighted by atomic mass is 10.0. The zero-order valence-electron chi connectivity index (χ0n) is 14.2. The maximum Gasteiger partial charge on any atom is 0.326 e. The Labute approximate surface area is 145 Å². The van der Waals surface area contributed by atoms with E-state index in [0.717, 1.165) is 10.8 Å². The molecule has 6 heteroatoms. The van der Waals surface area contributed by atoms with Gasteiger partial charge in [-0.1, -0.05) is 43.3 Å². The number of hydrogen-bond acceptors (Lipinski definition) is 4. The number of carbonyl (C=O) groups is 3. The van der Waals surface area contributed by atoms with E-state index in [0.29, 0.717) is 5.56 Å². The van der Waals surface area contributed by atoms with Gasteiger partial charge in [0.05, 0.1) is 12.5 Å². The third kappa shape index (κ3) is 4.56. The second-order valence-electron chi connectivity index (χ2n) is 5.78. The molecule has 0 saturated carbocycles. The molecule has 0 aliphatic carbocycles. The average Bonchev–Trinajstić information content (AvgIpc) is 2.60. The molecule has 2 aromatic carbocycles. The van der Waals surface area contributed by atoms with Gasteiger partial charge in [-0.15, -0.1) is 0 Å². The van der Waals surface area contributed by atoms with E-state index in [1.165, 1.54) is 0 Å². The van der Waals surface area contributed by atoms with Gasteiger partial charge < -0.3 is 15.2 Å². The molecule has 0 bridgehead atoms. The molecule has 0 saturated heterocycles. The molecule has 25 heavy (non-hydrogen) atoms. The van der Waals surface area contributed by atoms with Crippen molar-refractivity contribution in [2.75, 3.05) is 6.61 Å². The van der Waals surface area contributed by atoms with Crippen molar-refractivity contribution < 1.29 is 24.2 Å². The van der Waals surface area contributed by atoms with Gasteiger partial charge >= 0.3 is 11.9 Å². The number of hydrogen-bond donors (Lipinski definition) is 2. The van der Waals surface area contributed by atoms with Crippen LogP contribution in [0, 0.1) is 5.92 Å². The quantitative estimate of drug-likeness (QED) is 0.754. The molecule has 6 nitrogen and oxygen atoms in total. The smallest absolute Gasteiger partial charge is 0.326 e. The minimum atomic E-state index is -1.19. The number of carbonyl (C=O) groups excluding carboxylic acids is 2. The van der Waals surface area contributed by atoms with Gasteiger partial charge in [0, 0.05) is 5.56 Å². The van der Waals surface area contributed by atoms with Gasteiger partial charge in [0.15, 0.2) is 0 Å². The molecular formula is C19H21NO5. The molecule has 0 fully saturated rings. The van der Waals surface area contributed by atoms with Crippen molar-refractivity contribution in [1.82, 2.24) is 5.32 Å². The fraction of sp³-hybridized carbons (Fsp3) is 0.316. The number of amides is 1. The summed E-state index contributed by atoms with van der Waals surface area (Å²) >= 11 is 0. The largest absolute Gasteiger partial charge is 0.480 e. The van der Waals surface area contributed by atoms with Crippen molar-refractivity contribution in [2.24, 2.45) is 5.92 Å². The van der Waals surface area contributed by atoms with E-state index in [2.05, 4.69) is 5.32 Å². The van der Waals surface area contributed by atoms with E-state index in [1.54, 1.807) is 32.0 Å². The summed E-state index contributed by atoms with van der Waals surface area (Å²) in [4.78, 5) is 35.7. The standard InChI is InChI=1S/C19H21NO5/c1-3-25-19(24)12(2)11-16(18(22)23)20-17(21)15-10-6-8-13-7-4-5-9-14(13)15/h4-10,12,16H,3,11H2,1-2H3,(H,20,21)(H,22,23)/t12-,16-/m1/s1. The number of benzene rings is 2. The highest BCUT2D eigenvalue weighted by Gasteiger charge is 2.27. The van der Waals surface area contributed by atoms with Crippen molar-refractivity contribution in [3.63, 3.8) is 0 Å². The van der Waals surface area contributed by atoms with Crippen LogP contribution in [0.4, 0.5) is 0 Å². The van der Waals surface area contributed by atoms with Gasteiger partial charge in [-0.3, -0.25) is 9.59 Å². The predicted octanol–water partition coefficient (Wildman–Crippen LogP) is 2.61. The Morgan fingerprint density at radius 2 is 1.80 bits per heavy atom. The SMILES string of the molecule is CCOC(=O)[C@H](C)C[C@@H](NC(=O)c1cccc2ccccc12)C(=O)O. The maximum absolute atomic E-state index is 12.6. The number of esters is 1. The highest BCUT2D eigenvalue weighted by atomic mass is 16.5. The van der Waals surface area contributed by atoms with E-state index in [9.17, 15) is 19.5 Å². The van der Waals surface area contributed by atoms with Crippen molar-refractivity contribution in [1.29, 1.82) is 0 Å². The highest BCUT2D eigenvalue weighted by Crippen LogP contribution is 2.19. The summed E-state index contributed by atoms with van der Waals surface area (Å²) in [6.45, 7) is 3.49. The molecule has 2 rings (SSSR count). The lowest BCUT2D eigenvalue weighted by molar-refractivity contribution is -0.148. The van der Waals surface area contributed by atoms with Crippen molar-refractivity contribution in [3.05, 3.63) is 48.0 Å². The zero-order valence-corrected chi connectivity index (χ0v) is 14.2. The fourth-order valence-corrected chi connectivity index (χ4v) is 2.62. The van der Waals surface area contributed by atoms with Gasteiger partial charge in [-0.2, -0.15) is 0 Å². The summed E-state index contributed by atoms with van der Waals surface area (Å²) in [5.41, 5.74) is 0.396. The van der Waals surface area contributed by atoms with Crippen LogP contribution in [0.3, 0.4) is 0 Å². The van der Waals surface area contributed by atoms with Gasteiger partial charge in [-0.25, -0.2) is 4.79 Å². The van der Waals surface area contributed by atoms with Crippen molar-refractivity contribution in [3.8, 4) is 0 Å². The molecule has 1 amide bonds. The third-order valence-electron chi connectivity index (χ3n) is 3.92. The second-order valence-corrected chi connectivity index (χ2v) is 5.78. The molecule has 2 N–H and O–H groups in total. The Hall–Kier alpha value is -2.89. The monoisotopic (exact) mass is 343 g/mol. The van der Waals surface area contributed by atoms with E-state index in [-0.39, 0.29) is 13.0 Å². The van der Waals surface area contributed by atoms with Crippen LogP contribution in [0.1, 0.15) is 30.6 Å². The fourth-order valence-electron chi connectivity index (χ4n) is 2.62. The molecule has 0 aliphatic heterocycles. The Morgan fingerprint density at radius 3 is 2.48 bits per heavy atom. The summed E-state index contributed by atoms with van der Waals surface area (Å²) in [6.07, 6.45) is -0.0370. The van der Waals surface area contributed by atoms with Crippen LogP contribution >= 0.6 is 0 Å². The minimum Gasteiger partial charge on any atom is -0.480 e. The normalized spacial score (nSPS) is 13.0. The van der Waals surface area contributed by atoms with Crippen LogP contribution < -0.4 is 5.32 Å². The van der Waals surface area contributed by atoms with Crippen LogP contribution in [-0.4, -0.2) is 35.6 Å². The Bertz CT molecular complexity index is 781. The summed E-state index contributed by atoms with van der Waals surface area (Å²) < 4.78 is 4.89. The molecule has 0 heterocycles. The first-order chi connectivity index (χ1) is 11.9. The number of aliphatic carboxylic acids is 1. The first-order valence-corrected chi connectivity index (χ1v) is 8.12. The lowest BCUT2D eigenvalue weighted by Gasteiger charge is -2.18. The van der Waals surface area contributed by atoms with Gasteiger partial charge in [-0.05, 0) is 30.2 Å². The molecule has 2 atom stereocenters. The topological polar surface area (TPSA) is 92.7 Å². The molecule has 0 aliphatic rings. The van der Waals surface area contributed by atoms with Crippen molar-refractivity contribution >= 4 is 28.6 Å². The molecule has 2 aromatic rings. The zero-order chi connectivity index (χ0) is 18.4. The van der Waals surface area contributed by atoms with E-state index >= 15 is 0 Å². The van der Waals surface area contributed by atoms with E-state index < -0.39 is 29.8 Å². The number of carboxylic acids is 1. The number of ether oxygens (including phenoxy) is 1. The van der Waals surface area contributed by atoms with E-state index in [1.807, 2.05) is 24.3 Å². The van der Waals surface area contributed by atoms with Gasteiger partial charge in [0.2, 0.25) is 0 Å². The van der Waals surface area contributed by atoms with Crippen molar-refractivity contribution in [2.45, 2.75) is 26.3 Å². The summed E-state index contributed by atoms with van der Waals surface area (Å²) in [5.74, 6) is -2.79. The molecule has 132 valence electrons. The van der Waals surface area contributed by atoms with Crippen LogP contribution in [0.5, 0.6) is 0 Å². The molecule has 0 unspecified atom stereocenters. The Morgan fingerprint density at radius 1 is 1.12 bits per heavy atom. The number of nitrogens with one attached hydrogen (secondary N) is 1. The highest BCUT2D eigenvalue weighted by molar-refractivity contribution is 6.07. The van der Waals surface area contributed by atoms with Gasteiger partial charge in [0.25, 0.3) is 5.91 Å². The molecule has 0 aromatic heterocycles. The summed E-state index contributed by atoms with van der Waals surface area (Å²) in [7, 11) is 0. The molecular weight excluding hydrogens is 322 g/mol. The second kappa shape index (κ2) is 8.28.